The number of benzene rings is 2. The Hall–Kier alpha value is -1.74. The third-order valence-corrected chi connectivity index (χ3v) is 6.98. The monoisotopic (exact) mass is 425 g/mol. The quantitative estimate of drug-likeness (QED) is 0.622. The molecule has 2 aromatic rings. The highest BCUT2D eigenvalue weighted by Gasteiger charge is 2.24. The Balaban J connectivity index is 2.15. The van der Waals surface area contributed by atoms with Gasteiger partial charge in [0.1, 0.15) is 0 Å². The molecule has 0 unspecified atom stereocenters. The Morgan fingerprint density at radius 3 is 1.75 bits per heavy atom. The van der Waals surface area contributed by atoms with Gasteiger partial charge in [-0.3, -0.25) is 4.18 Å². The van der Waals surface area contributed by atoms with E-state index in [9.17, 15) is 16.8 Å². The van der Waals surface area contributed by atoms with Crippen LogP contribution in [0, 0.1) is 19.8 Å². The van der Waals surface area contributed by atoms with Crippen LogP contribution in [0.5, 0.6) is 0 Å². The average molecular weight is 426 g/mol. The summed E-state index contributed by atoms with van der Waals surface area (Å²) >= 11 is 0. The van der Waals surface area contributed by atoms with Crippen LogP contribution in [0.4, 0.5) is 0 Å². The fraction of sp³-hybridized carbons (Fsp3) is 0.400. The van der Waals surface area contributed by atoms with Crippen molar-refractivity contribution in [2.45, 2.75) is 49.9 Å². The fourth-order valence-electron chi connectivity index (χ4n) is 2.67. The van der Waals surface area contributed by atoms with Crippen molar-refractivity contribution < 1.29 is 21.0 Å². The molecule has 2 aromatic carbocycles. The van der Waals surface area contributed by atoms with Crippen molar-refractivity contribution >= 4 is 20.1 Å². The molecule has 0 saturated carbocycles. The standard InChI is InChI=1S/C20H27NO5S2/c1-15(2)13-18(21-27(22,23)19-9-5-16(3)6-10-19)14-26-28(24,25)20-11-7-17(4)8-12-20/h5-12,15,18,21H,13-14H2,1-4H3/t18-/m1/s1. The number of nitrogens with one attached hydrogen (secondary N) is 1. The smallest absolute Gasteiger partial charge is 0.265 e. The van der Waals surface area contributed by atoms with Crippen LogP contribution >= 0.6 is 0 Å². The van der Waals surface area contributed by atoms with Gasteiger partial charge < -0.3 is 0 Å². The van der Waals surface area contributed by atoms with E-state index in [1.807, 2.05) is 27.7 Å². The molecular formula is C20H27NO5S2. The van der Waals surface area contributed by atoms with Gasteiger partial charge in [-0.05, 0) is 50.5 Å². The Morgan fingerprint density at radius 2 is 1.29 bits per heavy atom. The molecule has 0 aromatic heterocycles. The molecule has 2 rings (SSSR count). The van der Waals surface area contributed by atoms with Gasteiger partial charge in [0.05, 0.1) is 16.4 Å². The first-order chi connectivity index (χ1) is 13.0. The average Bonchev–Trinajstić information content (AvgIpc) is 2.60. The second-order valence-corrected chi connectivity index (χ2v) is 10.6. The Bertz CT molecular complexity index is 980. The molecule has 0 spiro atoms. The molecule has 0 saturated heterocycles. The van der Waals surface area contributed by atoms with Gasteiger partial charge in [0.2, 0.25) is 10.0 Å². The topological polar surface area (TPSA) is 89.5 Å². The van der Waals surface area contributed by atoms with Gasteiger partial charge in [-0.1, -0.05) is 49.2 Å². The van der Waals surface area contributed by atoms with Crippen molar-refractivity contribution in [1.82, 2.24) is 4.72 Å². The number of hydrogen-bond acceptors (Lipinski definition) is 5. The molecule has 0 amide bonds. The molecule has 154 valence electrons. The summed E-state index contributed by atoms with van der Waals surface area (Å²) in [4.78, 5) is 0.177. The zero-order valence-corrected chi connectivity index (χ0v) is 18.2. The van der Waals surface area contributed by atoms with Gasteiger partial charge in [-0.2, -0.15) is 8.42 Å². The minimum absolute atomic E-state index is 0.0442. The molecule has 0 aliphatic carbocycles. The van der Waals surface area contributed by atoms with Crippen molar-refractivity contribution in [1.29, 1.82) is 0 Å². The van der Waals surface area contributed by atoms with Crippen molar-refractivity contribution in [3.63, 3.8) is 0 Å². The van der Waals surface area contributed by atoms with Gasteiger partial charge in [-0.15, -0.1) is 0 Å². The van der Waals surface area contributed by atoms with E-state index in [0.717, 1.165) is 11.1 Å². The molecule has 0 fully saturated rings. The van der Waals surface area contributed by atoms with Crippen LogP contribution in [0.2, 0.25) is 0 Å². The molecule has 0 aliphatic rings. The zero-order valence-electron chi connectivity index (χ0n) is 16.5. The highest BCUT2D eigenvalue weighted by atomic mass is 32.2. The van der Waals surface area contributed by atoms with E-state index in [4.69, 9.17) is 4.18 Å². The lowest BCUT2D eigenvalue weighted by atomic mass is 10.1. The van der Waals surface area contributed by atoms with Crippen LogP contribution in [0.1, 0.15) is 31.4 Å². The predicted octanol–water partition coefficient (Wildman–Crippen LogP) is 3.40. The Kier molecular flexibility index (Phi) is 7.39. The molecule has 0 radical (unpaired) electrons. The molecule has 1 N–H and O–H groups in total. The van der Waals surface area contributed by atoms with Crippen LogP contribution in [0.25, 0.3) is 0 Å². The van der Waals surface area contributed by atoms with Crippen molar-refractivity contribution in [3.8, 4) is 0 Å². The molecule has 0 heterocycles. The molecule has 0 bridgehead atoms. The van der Waals surface area contributed by atoms with E-state index in [0.29, 0.717) is 6.42 Å². The lowest BCUT2D eigenvalue weighted by Gasteiger charge is -2.20. The first-order valence-electron chi connectivity index (χ1n) is 9.05. The van der Waals surface area contributed by atoms with E-state index < -0.39 is 26.2 Å². The molecule has 8 heteroatoms. The lowest BCUT2D eigenvalue weighted by Crippen LogP contribution is -2.39. The summed E-state index contributed by atoms with van der Waals surface area (Å²) in [6, 6.07) is 12.1. The summed E-state index contributed by atoms with van der Waals surface area (Å²) in [5.41, 5.74) is 1.88. The maximum atomic E-state index is 12.7. The second kappa shape index (κ2) is 9.17. The van der Waals surface area contributed by atoms with Gasteiger partial charge in [-0.25, -0.2) is 13.1 Å². The number of hydrogen-bond donors (Lipinski definition) is 1. The summed E-state index contributed by atoms with van der Waals surface area (Å²) < 4.78 is 57.9. The SMILES string of the molecule is Cc1ccc(S(=O)(=O)N[C@@H](COS(=O)(=O)c2ccc(C)cc2)CC(C)C)cc1. The molecule has 28 heavy (non-hydrogen) atoms. The van der Waals surface area contributed by atoms with E-state index in [-0.39, 0.29) is 22.3 Å². The highest BCUT2D eigenvalue weighted by molar-refractivity contribution is 7.89. The first-order valence-corrected chi connectivity index (χ1v) is 11.9. The molecule has 0 aliphatic heterocycles. The van der Waals surface area contributed by atoms with Crippen molar-refractivity contribution in [2.24, 2.45) is 5.92 Å². The molecular weight excluding hydrogens is 398 g/mol. The van der Waals surface area contributed by atoms with Gasteiger partial charge in [0.25, 0.3) is 10.1 Å². The van der Waals surface area contributed by atoms with Crippen LogP contribution in [0.15, 0.2) is 58.3 Å². The summed E-state index contributed by atoms with van der Waals surface area (Å²) in [5.74, 6) is 0.149. The van der Waals surface area contributed by atoms with E-state index in [2.05, 4.69) is 4.72 Å². The zero-order chi connectivity index (χ0) is 20.9. The van der Waals surface area contributed by atoms with Crippen molar-refractivity contribution in [2.75, 3.05) is 6.61 Å². The van der Waals surface area contributed by atoms with Crippen LogP contribution < -0.4 is 4.72 Å². The predicted molar refractivity (Wildman–Crippen MR) is 109 cm³/mol. The maximum absolute atomic E-state index is 12.7. The van der Waals surface area contributed by atoms with Gasteiger partial charge in [0.15, 0.2) is 0 Å². The highest BCUT2D eigenvalue weighted by Crippen LogP contribution is 2.17. The van der Waals surface area contributed by atoms with Gasteiger partial charge >= 0.3 is 0 Å². The number of aryl methyl sites for hydroxylation is 2. The third kappa shape index (κ3) is 6.41. The lowest BCUT2D eigenvalue weighted by molar-refractivity contribution is 0.264. The molecule has 1 atom stereocenters. The summed E-state index contributed by atoms with van der Waals surface area (Å²) in [6.45, 7) is 7.31. The summed E-state index contributed by atoms with van der Waals surface area (Å²) in [5, 5.41) is 0. The molecule has 6 nitrogen and oxygen atoms in total. The van der Waals surface area contributed by atoms with Crippen LogP contribution in [0.3, 0.4) is 0 Å². The normalized spacial score (nSPS) is 13.6. The van der Waals surface area contributed by atoms with Crippen LogP contribution in [-0.4, -0.2) is 29.5 Å². The van der Waals surface area contributed by atoms with E-state index in [1.165, 1.54) is 24.3 Å². The van der Waals surface area contributed by atoms with Crippen LogP contribution in [-0.2, 0) is 24.3 Å². The van der Waals surface area contributed by atoms with Crippen molar-refractivity contribution in [3.05, 3.63) is 59.7 Å². The Labute approximate surface area is 168 Å². The summed E-state index contributed by atoms with van der Waals surface area (Å²) in [7, 11) is -7.75. The number of rotatable bonds is 9. The third-order valence-electron chi connectivity index (χ3n) is 4.14. The van der Waals surface area contributed by atoms with Gasteiger partial charge in [0, 0.05) is 6.04 Å². The number of sulfonamides is 1. The first kappa shape index (κ1) is 22.5. The second-order valence-electron chi connectivity index (χ2n) is 7.31. The van der Waals surface area contributed by atoms with E-state index in [1.54, 1.807) is 24.3 Å². The largest absolute Gasteiger partial charge is 0.297 e. The Morgan fingerprint density at radius 1 is 0.821 bits per heavy atom. The van der Waals surface area contributed by atoms with E-state index >= 15 is 0 Å². The minimum Gasteiger partial charge on any atom is -0.265 e. The fourth-order valence-corrected chi connectivity index (χ4v) is 4.85. The minimum atomic E-state index is -3.97. The summed E-state index contributed by atoms with van der Waals surface area (Å²) in [6.07, 6.45) is 0.439. The maximum Gasteiger partial charge on any atom is 0.297 e.